The number of nitrogens with zero attached hydrogens (tertiary/aromatic N) is 1. The van der Waals surface area contributed by atoms with E-state index in [1.165, 1.54) is 0 Å². The van der Waals surface area contributed by atoms with Crippen LogP contribution in [0.5, 0.6) is 0 Å². The second-order valence-electron chi connectivity index (χ2n) is 4.67. The van der Waals surface area contributed by atoms with Gasteiger partial charge in [-0.25, -0.2) is 4.98 Å². The van der Waals surface area contributed by atoms with E-state index >= 15 is 0 Å². The maximum Gasteiger partial charge on any atom is 0.308 e. The van der Waals surface area contributed by atoms with Gasteiger partial charge in [0.15, 0.2) is 0 Å². The van der Waals surface area contributed by atoms with E-state index in [2.05, 4.69) is 15.3 Å². The average Bonchev–Trinajstić information content (AvgIpc) is 2.89. The average molecular weight is 275 g/mol. The lowest BCUT2D eigenvalue weighted by Crippen LogP contribution is -2.32. The van der Waals surface area contributed by atoms with Gasteiger partial charge in [-0.15, -0.1) is 0 Å². The van der Waals surface area contributed by atoms with Crippen LogP contribution < -0.4 is 5.32 Å². The van der Waals surface area contributed by atoms with Crippen LogP contribution in [0.1, 0.15) is 30.1 Å². The van der Waals surface area contributed by atoms with Gasteiger partial charge in [-0.2, -0.15) is 0 Å². The summed E-state index contributed by atoms with van der Waals surface area (Å²) in [6, 6.07) is 5.13. The van der Waals surface area contributed by atoms with Gasteiger partial charge in [0, 0.05) is 12.1 Å². The van der Waals surface area contributed by atoms with Crippen LogP contribution >= 0.6 is 0 Å². The molecular weight excluding hydrogens is 258 g/mol. The summed E-state index contributed by atoms with van der Waals surface area (Å²) in [7, 11) is 0. The standard InChI is InChI=1S/C14H17N3O3/c1-2-3-10(14(19)20)7-15-13(18)9-4-5-11-12(6-9)17-8-16-11/h4-6,8,10H,2-3,7H2,1H3,(H,15,18)(H,16,17)(H,19,20). The quantitative estimate of drug-likeness (QED) is 0.749. The van der Waals surface area contributed by atoms with Crippen molar-refractivity contribution in [1.29, 1.82) is 0 Å². The molecule has 0 spiro atoms. The topological polar surface area (TPSA) is 95.1 Å². The van der Waals surface area contributed by atoms with Crippen molar-refractivity contribution in [3.05, 3.63) is 30.1 Å². The Morgan fingerprint density at radius 3 is 2.95 bits per heavy atom. The molecule has 0 aliphatic heterocycles. The molecule has 6 heteroatoms. The van der Waals surface area contributed by atoms with E-state index in [1.54, 1.807) is 24.5 Å². The number of carbonyl (C=O) groups is 2. The van der Waals surface area contributed by atoms with Crippen LogP contribution in [0.2, 0.25) is 0 Å². The van der Waals surface area contributed by atoms with Crippen LogP contribution in [0.25, 0.3) is 11.0 Å². The zero-order chi connectivity index (χ0) is 14.5. The monoisotopic (exact) mass is 275 g/mol. The highest BCUT2D eigenvalue weighted by Gasteiger charge is 2.17. The first kappa shape index (κ1) is 14.0. The van der Waals surface area contributed by atoms with Crippen LogP contribution in [0.3, 0.4) is 0 Å². The summed E-state index contributed by atoms with van der Waals surface area (Å²) >= 11 is 0. The van der Waals surface area contributed by atoms with Crippen molar-refractivity contribution in [2.75, 3.05) is 6.54 Å². The predicted molar refractivity (Wildman–Crippen MR) is 74.5 cm³/mol. The number of hydrogen-bond acceptors (Lipinski definition) is 3. The fourth-order valence-corrected chi connectivity index (χ4v) is 2.06. The highest BCUT2D eigenvalue weighted by molar-refractivity contribution is 5.97. The zero-order valence-corrected chi connectivity index (χ0v) is 11.2. The molecule has 1 aromatic heterocycles. The molecule has 3 N–H and O–H groups in total. The summed E-state index contributed by atoms with van der Waals surface area (Å²) < 4.78 is 0. The summed E-state index contributed by atoms with van der Waals surface area (Å²) in [6.45, 7) is 2.06. The number of rotatable bonds is 6. The number of nitrogens with one attached hydrogen (secondary N) is 2. The minimum atomic E-state index is -0.879. The van der Waals surface area contributed by atoms with Gasteiger partial charge in [0.05, 0.1) is 23.3 Å². The Kier molecular flexibility index (Phi) is 4.34. The van der Waals surface area contributed by atoms with Crippen LogP contribution in [0.4, 0.5) is 0 Å². The highest BCUT2D eigenvalue weighted by Crippen LogP contribution is 2.12. The molecule has 0 fully saturated rings. The van der Waals surface area contributed by atoms with Gasteiger partial charge < -0.3 is 15.4 Å². The zero-order valence-electron chi connectivity index (χ0n) is 11.2. The highest BCUT2D eigenvalue weighted by atomic mass is 16.4. The molecular formula is C14H17N3O3. The summed E-state index contributed by atoms with van der Waals surface area (Å²) in [5.74, 6) is -1.69. The number of fused-ring (bicyclic) bond motifs is 1. The van der Waals surface area contributed by atoms with Gasteiger partial charge in [-0.05, 0) is 24.6 Å². The van der Waals surface area contributed by atoms with Crippen molar-refractivity contribution in [2.24, 2.45) is 5.92 Å². The maximum atomic E-state index is 12.0. The lowest BCUT2D eigenvalue weighted by atomic mass is 10.0. The van der Waals surface area contributed by atoms with E-state index in [0.717, 1.165) is 17.5 Å². The molecule has 0 aliphatic rings. The normalized spacial score (nSPS) is 12.2. The van der Waals surface area contributed by atoms with Crippen molar-refractivity contribution in [3.8, 4) is 0 Å². The molecule has 0 radical (unpaired) electrons. The maximum absolute atomic E-state index is 12.0. The Hall–Kier alpha value is -2.37. The van der Waals surface area contributed by atoms with Crippen LogP contribution in [-0.4, -0.2) is 33.5 Å². The largest absolute Gasteiger partial charge is 0.481 e. The summed E-state index contributed by atoms with van der Waals surface area (Å²) in [4.78, 5) is 30.0. The molecule has 1 amide bonds. The Bertz CT molecular complexity index is 621. The number of carboxylic acid groups (broad SMARTS) is 1. The SMILES string of the molecule is CCCC(CNC(=O)c1ccc2nc[nH]c2c1)C(=O)O. The number of H-pyrrole nitrogens is 1. The van der Waals surface area contributed by atoms with Crippen molar-refractivity contribution >= 4 is 22.9 Å². The molecule has 1 unspecified atom stereocenters. The number of benzene rings is 1. The Morgan fingerprint density at radius 2 is 2.25 bits per heavy atom. The lowest BCUT2D eigenvalue weighted by Gasteiger charge is -2.12. The van der Waals surface area contributed by atoms with Gasteiger partial charge in [0.1, 0.15) is 0 Å². The Balaban J connectivity index is 2.02. The first-order valence-electron chi connectivity index (χ1n) is 6.56. The molecule has 0 bridgehead atoms. The van der Waals surface area contributed by atoms with E-state index in [1.807, 2.05) is 6.92 Å². The minimum absolute atomic E-state index is 0.142. The van der Waals surface area contributed by atoms with E-state index < -0.39 is 11.9 Å². The van der Waals surface area contributed by atoms with E-state index in [-0.39, 0.29) is 12.5 Å². The molecule has 0 saturated heterocycles. The molecule has 20 heavy (non-hydrogen) atoms. The number of carbonyl (C=O) groups excluding carboxylic acids is 1. The van der Waals surface area contributed by atoms with Crippen molar-refractivity contribution in [3.63, 3.8) is 0 Å². The van der Waals surface area contributed by atoms with Crippen LogP contribution in [-0.2, 0) is 4.79 Å². The molecule has 6 nitrogen and oxygen atoms in total. The van der Waals surface area contributed by atoms with Crippen molar-refractivity contribution < 1.29 is 14.7 Å². The van der Waals surface area contributed by atoms with Gasteiger partial charge in [-0.3, -0.25) is 9.59 Å². The lowest BCUT2D eigenvalue weighted by molar-refractivity contribution is -0.141. The van der Waals surface area contributed by atoms with Crippen LogP contribution in [0, 0.1) is 5.92 Å². The molecule has 2 rings (SSSR count). The number of aromatic nitrogens is 2. The van der Waals surface area contributed by atoms with Crippen molar-refractivity contribution in [1.82, 2.24) is 15.3 Å². The number of imidazole rings is 1. The third-order valence-electron chi connectivity index (χ3n) is 3.18. The number of carboxylic acids is 1. The van der Waals surface area contributed by atoms with E-state index in [9.17, 15) is 9.59 Å². The second kappa shape index (κ2) is 6.18. The third kappa shape index (κ3) is 3.14. The fourth-order valence-electron chi connectivity index (χ4n) is 2.06. The number of amides is 1. The van der Waals surface area contributed by atoms with Gasteiger partial charge in [-0.1, -0.05) is 13.3 Å². The Morgan fingerprint density at radius 1 is 1.45 bits per heavy atom. The number of aromatic amines is 1. The first-order chi connectivity index (χ1) is 9.61. The molecule has 2 aromatic rings. The predicted octanol–water partition coefficient (Wildman–Crippen LogP) is 1.79. The number of aliphatic carboxylic acids is 1. The summed E-state index contributed by atoms with van der Waals surface area (Å²) in [5.41, 5.74) is 2.05. The molecule has 0 saturated carbocycles. The van der Waals surface area contributed by atoms with E-state index in [0.29, 0.717) is 12.0 Å². The Labute approximate surface area is 116 Å². The van der Waals surface area contributed by atoms with Gasteiger partial charge in [0.2, 0.25) is 0 Å². The smallest absolute Gasteiger partial charge is 0.308 e. The molecule has 106 valence electrons. The van der Waals surface area contributed by atoms with Gasteiger partial charge in [0.25, 0.3) is 5.91 Å². The number of hydrogen-bond donors (Lipinski definition) is 3. The molecule has 1 heterocycles. The summed E-state index contributed by atoms with van der Waals surface area (Å²) in [5, 5.41) is 11.7. The van der Waals surface area contributed by atoms with Crippen molar-refractivity contribution in [2.45, 2.75) is 19.8 Å². The fraction of sp³-hybridized carbons (Fsp3) is 0.357. The first-order valence-corrected chi connectivity index (χ1v) is 6.56. The van der Waals surface area contributed by atoms with E-state index in [4.69, 9.17) is 5.11 Å². The molecule has 1 atom stereocenters. The van der Waals surface area contributed by atoms with Crippen LogP contribution in [0.15, 0.2) is 24.5 Å². The molecule has 1 aromatic carbocycles. The van der Waals surface area contributed by atoms with Gasteiger partial charge >= 0.3 is 5.97 Å². The molecule has 0 aliphatic carbocycles. The third-order valence-corrected chi connectivity index (χ3v) is 3.18. The second-order valence-corrected chi connectivity index (χ2v) is 4.67. The minimum Gasteiger partial charge on any atom is -0.481 e. The summed E-state index contributed by atoms with van der Waals surface area (Å²) in [6.07, 6.45) is 2.89.